The SMILES string of the molecule is COC(=O)C1=C(O)C(C(=O)OC)C(c2ccc(OC)c(OC)c2)N(Cc2cccnc2)C1c1ccc(OC)c(OC)c1. The quantitative estimate of drug-likeness (QED) is 0.348. The highest BCUT2D eigenvalue weighted by atomic mass is 16.5. The Kier molecular flexibility index (Phi) is 9.53. The Hall–Kier alpha value is -4.77. The summed E-state index contributed by atoms with van der Waals surface area (Å²) in [5.41, 5.74) is 1.87. The number of carbonyl (C=O) groups excluding carboxylic acids is 2. The van der Waals surface area contributed by atoms with Gasteiger partial charge < -0.3 is 33.5 Å². The largest absolute Gasteiger partial charge is 0.511 e. The van der Waals surface area contributed by atoms with Crippen LogP contribution in [0, 0.1) is 5.92 Å². The molecule has 1 aromatic heterocycles. The third-order valence-electron chi connectivity index (χ3n) is 7.27. The van der Waals surface area contributed by atoms with Crippen LogP contribution in [0.4, 0.5) is 0 Å². The minimum atomic E-state index is -1.30. The van der Waals surface area contributed by atoms with Crippen LogP contribution in [0.25, 0.3) is 0 Å². The second-order valence-corrected chi connectivity index (χ2v) is 9.40. The summed E-state index contributed by atoms with van der Waals surface area (Å²) in [6.45, 7) is 0.215. The van der Waals surface area contributed by atoms with Gasteiger partial charge in [-0.1, -0.05) is 18.2 Å². The molecule has 0 bridgehead atoms. The molecule has 3 atom stereocenters. The van der Waals surface area contributed by atoms with Gasteiger partial charge in [0, 0.05) is 18.9 Å². The summed E-state index contributed by atoms with van der Waals surface area (Å²) in [6, 6.07) is 12.4. The number of pyridine rings is 1. The number of rotatable bonds is 10. The van der Waals surface area contributed by atoms with E-state index in [9.17, 15) is 14.7 Å². The number of methoxy groups -OCH3 is 6. The van der Waals surface area contributed by atoms with Gasteiger partial charge in [0.1, 0.15) is 11.7 Å². The number of aromatic nitrogens is 1. The van der Waals surface area contributed by atoms with Crippen LogP contribution < -0.4 is 18.9 Å². The molecule has 4 rings (SSSR count). The maximum Gasteiger partial charge on any atom is 0.339 e. The zero-order valence-electron chi connectivity index (χ0n) is 24.3. The van der Waals surface area contributed by atoms with E-state index in [0.29, 0.717) is 34.1 Å². The third kappa shape index (κ3) is 5.68. The van der Waals surface area contributed by atoms with Crippen LogP contribution in [0.3, 0.4) is 0 Å². The molecule has 42 heavy (non-hydrogen) atoms. The zero-order chi connectivity index (χ0) is 30.4. The van der Waals surface area contributed by atoms with Crippen molar-refractivity contribution in [2.45, 2.75) is 18.6 Å². The van der Waals surface area contributed by atoms with Gasteiger partial charge in [0.05, 0.1) is 60.3 Å². The molecule has 2 heterocycles. The molecule has 1 N–H and O–H groups in total. The first kappa shape index (κ1) is 30.2. The summed E-state index contributed by atoms with van der Waals surface area (Å²) in [7, 11) is 8.50. The zero-order valence-corrected chi connectivity index (χ0v) is 24.3. The fourth-order valence-corrected chi connectivity index (χ4v) is 5.36. The van der Waals surface area contributed by atoms with Crippen LogP contribution in [0.1, 0.15) is 28.8 Å². The number of hydrogen-bond acceptors (Lipinski definition) is 11. The maximum atomic E-state index is 13.4. The number of aliphatic hydroxyl groups excluding tert-OH is 1. The van der Waals surface area contributed by atoms with Gasteiger partial charge in [-0.15, -0.1) is 0 Å². The summed E-state index contributed by atoms with van der Waals surface area (Å²) in [5.74, 6) is -1.50. The van der Waals surface area contributed by atoms with Crippen molar-refractivity contribution in [2.75, 3.05) is 42.7 Å². The van der Waals surface area contributed by atoms with Crippen molar-refractivity contribution in [2.24, 2.45) is 5.92 Å². The topological polar surface area (TPSA) is 126 Å². The normalized spacial score (nSPS) is 18.7. The smallest absolute Gasteiger partial charge is 0.339 e. The molecular formula is C31H34N2O9. The molecule has 3 aromatic rings. The molecule has 3 unspecified atom stereocenters. The van der Waals surface area contributed by atoms with Gasteiger partial charge in [-0.2, -0.15) is 0 Å². The molecule has 0 saturated carbocycles. The summed E-state index contributed by atoms with van der Waals surface area (Å²) >= 11 is 0. The van der Waals surface area contributed by atoms with Crippen LogP contribution in [0.15, 0.2) is 72.3 Å². The number of hydrogen-bond donors (Lipinski definition) is 1. The van der Waals surface area contributed by atoms with Crippen LogP contribution in [0.5, 0.6) is 23.0 Å². The summed E-state index contributed by atoms with van der Waals surface area (Å²) in [6.07, 6.45) is 3.35. The van der Waals surface area contributed by atoms with E-state index in [1.54, 1.807) is 54.9 Å². The minimum Gasteiger partial charge on any atom is -0.511 e. The first-order chi connectivity index (χ1) is 20.3. The highest BCUT2D eigenvalue weighted by Gasteiger charge is 2.50. The molecule has 1 aliphatic heterocycles. The van der Waals surface area contributed by atoms with Gasteiger partial charge in [0.25, 0.3) is 0 Å². The summed E-state index contributed by atoms with van der Waals surface area (Å²) in [5, 5.41) is 11.8. The second-order valence-electron chi connectivity index (χ2n) is 9.40. The van der Waals surface area contributed by atoms with Crippen molar-refractivity contribution < 1.29 is 43.1 Å². The van der Waals surface area contributed by atoms with Crippen LogP contribution in [0.2, 0.25) is 0 Å². The van der Waals surface area contributed by atoms with Crippen LogP contribution in [-0.4, -0.2) is 69.6 Å². The van der Waals surface area contributed by atoms with Gasteiger partial charge in [0.15, 0.2) is 23.0 Å². The molecule has 2 aromatic carbocycles. The second kappa shape index (κ2) is 13.3. The number of carbonyl (C=O) groups is 2. The average Bonchev–Trinajstić information content (AvgIpc) is 3.03. The van der Waals surface area contributed by atoms with E-state index < -0.39 is 35.7 Å². The lowest BCUT2D eigenvalue weighted by Gasteiger charge is -2.45. The first-order valence-corrected chi connectivity index (χ1v) is 13.0. The fraction of sp³-hybridized carbons (Fsp3) is 0.323. The van der Waals surface area contributed by atoms with Crippen LogP contribution >= 0.6 is 0 Å². The van der Waals surface area contributed by atoms with E-state index in [4.69, 9.17) is 28.4 Å². The van der Waals surface area contributed by atoms with E-state index in [0.717, 1.165) is 5.56 Å². The van der Waals surface area contributed by atoms with E-state index in [1.807, 2.05) is 11.0 Å². The Bertz CT molecular complexity index is 1460. The highest BCUT2D eigenvalue weighted by Crippen LogP contribution is 2.50. The predicted molar refractivity (Wildman–Crippen MR) is 152 cm³/mol. The Balaban J connectivity index is 2.07. The van der Waals surface area contributed by atoms with Crippen molar-refractivity contribution in [3.05, 3.63) is 88.9 Å². The Labute approximate surface area is 244 Å². The number of ether oxygens (including phenoxy) is 6. The molecule has 0 radical (unpaired) electrons. The monoisotopic (exact) mass is 578 g/mol. The van der Waals surface area contributed by atoms with Gasteiger partial charge >= 0.3 is 11.9 Å². The summed E-state index contributed by atoms with van der Waals surface area (Å²) < 4.78 is 32.3. The maximum absolute atomic E-state index is 13.4. The van der Waals surface area contributed by atoms with Gasteiger partial charge in [-0.3, -0.25) is 14.7 Å². The fourth-order valence-electron chi connectivity index (χ4n) is 5.36. The first-order valence-electron chi connectivity index (χ1n) is 13.0. The predicted octanol–water partition coefficient (Wildman–Crippen LogP) is 4.19. The van der Waals surface area contributed by atoms with Crippen molar-refractivity contribution >= 4 is 11.9 Å². The van der Waals surface area contributed by atoms with Crippen molar-refractivity contribution in [3.63, 3.8) is 0 Å². The van der Waals surface area contributed by atoms with Gasteiger partial charge in [0.2, 0.25) is 0 Å². The highest BCUT2D eigenvalue weighted by molar-refractivity contribution is 5.93. The number of benzene rings is 2. The Morgan fingerprint density at radius 1 is 0.810 bits per heavy atom. The lowest BCUT2D eigenvalue weighted by molar-refractivity contribution is -0.150. The molecular weight excluding hydrogens is 544 g/mol. The average molecular weight is 579 g/mol. The molecule has 222 valence electrons. The molecule has 1 aliphatic rings. The third-order valence-corrected chi connectivity index (χ3v) is 7.27. The molecule has 11 heteroatoms. The summed E-state index contributed by atoms with van der Waals surface area (Å²) in [4.78, 5) is 33.0. The van der Waals surface area contributed by atoms with Crippen LogP contribution in [-0.2, 0) is 25.6 Å². The molecule has 0 saturated heterocycles. The van der Waals surface area contributed by atoms with Crippen molar-refractivity contribution in [1.29, 1.82) is 0 Å². The lowest BCUT2D eigenvalue weighted by Crippen LogP contribution is -2.47. The molecule has 11 nitrogen and oxygen atoms in total. The molecule has 0 fully saturated rings. The minimum absolute atomic E-state index is 0.110. The lowest BCUT2D eigenvalue weighted by atomic mass is 9.78. The number of esters is 2. The van der Waals surface area contributed by atoms with Gasteiger partial charge in [-0.25, -0.2) is 4.79 Å². The Morgan fingerprint density at radius 3 is 1.93 bits per heavy atom. The van der Waals surface area contributed by atoms with E-state index >= 15 is 0 Å². The van der Waals surface area contributed by atoms with E-state index in [1.165, 1.54) is 42.7 Å². The number of aliphatic hydroxyl groups is 1. The Morgan fingerprint density at radius 2 is 1.40 bits per heavy atom. The molecule has 0 amide bonds. The molecule has 0 spiro atoms. The van der Waals surface area contributed by atoms with E-state index in [-0.39, 0.29) is 12.1 Å². The molecule has 0 aliphatic carbocycles. The number of nitrogens with zero attached hydrogens (tertiary/aromatic N) is 2. The van der Waals surface area contributed by atoms with Gasteiger partial charge in [-0.05, 0) is 47.0 Å². The van der Waals surface area contributed by atoms with E-state index in [2.05, 4.69) is 4.98 Å². The standard InChI is InChI=1S/C31H34N2O9/c1-37-21-11-9-19(14-23(21)39-3)27-25(30(35)41-5)29(34)26(31(36)42-6)28(33(27)17-18-8-7-13-32-16-18)20-10-12-22(38-2)24(15-20)40-4/h7-16,25,27-28,34H,17H2,1-6H3. The van der Waals surface area contributed by atoms with Crippen molar-refractivity contribution in [3.8, 4) is 23.0 Å². The van der Waals surface area contributed by atoms with Crippen molar-refractivity contribution in [1.82, 2.24) is 9.88 Å².